The first kappa shape index (κ1) is 9.64. The van der Waals surface area contributed by atoms with Gasteiger partial charge in [-0.15, -0.1) is 0 Å². The molecule has 0 N–H and O–H groups in total. The molecule has 4 heteroatoms. The van der Waals surface area contributed by atoms with Crippen LogP contribution in [0.25, 0.3) is 0 Å². The fourth-order valence-electron chi connectivity index (χ4n) is 0.868. The lowest BCUT2D eigenvalue weighted by Crippen LogP contribution is -2.05. The van der Waals surface area contributed by atoms with E-state index in [-0.39, 0.29) is 5.56 Å². The van der Waals surface area contributed by atoms with E-state index < -0.39 is 18.1 Å². The molecule has 1 aromatic rings. The summed E-state index contributed by atoms with van der Waals surface area (Å²) >= 11 is 0. The largest absolute Gasteiger partial charge is 0.427 e. The van der Waals surface area contributed by atoms with E-state index in [0.29, 0.717) is 0 Å². The Morgan fingerprint density at radius 1 is 1.46 bits per heavy atom. The molecule has 1 aromatic carbocycles. The van der Waals surface area contributed by atoms with Crippen LogP contribution in [0.5, 0.6) is 0 Å². The lowest BCUT2D eigenvalue weighted by Gasteiger charge is -2.08. The van der Waals surface area contributed by atoms with Crippen LogP contribution in [-0.2, 0) is 9.53 Å². The fourth-order valence-corrected chi connectivity index (χ4v) is 0.868. The average Bonchev–Trinajstić information content (AvgIpc) is 2.03. The molecule has 0 saturated carbocycles. The minimum Gasteiger partial charge on any atom is -0.427 e. The van der Waals surface area contributed by atoms with Crippen molar-refractivity contribution in [3.63, 3.8) is 0 Å². The molecule has 1 rings (SSSR count). The molecule has 0 saturated heterocycles. The Labute approximate surface area is 74.1 Å². The van der Waals surface area contributed by atoms with E-state index in [2.05, 4.69) is 4.74 Å². The van der Waals surface area contributed by atoms with E-state index >= 15 is 0 Å². The number of halogens is 2. The number of benzene rings is 1. The van der Waals surface area contributed by atoms with Gasteiger partial charge < -0.3 is 4.74 Å². The third kappa shape index (κ3) is 2.50. The molecule has 0 aliphatic rings. The molecule has 70 valence electrons. The van der Waals surface area contributed by atoms with Gasteiger partial charge in [-0.25, -0.2) is 4.39 Å². The summed E-state index contributed by atoms with van der Waals surface area (Å²) in [6.07, 6.45) is -2.03. The molecule has 2 nitrogen and oxygen atoms in total. The predicted octanol–water partition coefficient (Wildman–Crippen LogP) is 2.36. The first-order valence-corrected chi connectivity index (χ1v) is 3.67. The smallest absolute Gasteiger partial charge is 0.305 e. The Morgan fingerprint density at radius 3 is 2.62 bits per heavy atom. The maximum absolute atomic E-state index is 13.0. The van der Waals surface area contributed by atoms with E-state index in [0.717, 1.165) is 13.0 Å². The molecule has 0 heterocycles. The first-order valence-electron chi connectivity index (χ1n) is 3.67. The second-order valence-electron chi connectivity index (χ2n) is 2.45. The summed E-state index contributed by atoms with van der Waals surface area (Å²) < 4.78 is 30.0. The van der Waals surface area contributed by atoms with Crippen LogP contribution < -0.4 is 0 Å². The van der Waals surface area contributed by atoms with Crippen LogP contribution in [0.1, 0.15) is 18.8 Å². The number of carbonyl (C=O) groups excluding carboxylic acids is 1. The lowest BCUT2D eigenvalue weighted by molar-refractivity contribution is -0.155. The van der Waals surface area contributed by atoms with Gasteiger partial charge in [0.25, 0.3) is 6.36 Å². The minimum atomic E-state index is -2.03. The zero-order valence-electron chi connectivity index (χ0n) is 6.96. The van der Waals surface area contributed by atoms with Crippen molar-refractivity contribution in [1.82, 2.24) is 0 Å². The monoisotopic (exact) mass is 186 g/mol. The molecule has 0 spiro atoms. The fraction of sp³-hybridized carbons (Fsp3) is 0.222. The van der Waals surface area contributed by atoms with Crippen molar-refractivity contribution >= 4 is 5.97 Å². The Bertz CT molecular complexity index is 312. The Hall–Kier alpha value is -1.45. The summed E-state index contributed by atoms with van der Waals surface area (Å²) in [5.74, 6) is -1.51. The van der Waals surface area contributed by atoms with Crippen molar-refractivity contribution in [2.24, 2.45) is 0 Å². The number of alkyl halides is 1. The summed E-state index contributed by atoms with van der Waals surface area (Å²) in [5.41, 5.74) is -0.266. The van der Waals surface area contributed by atoms with Gasteiger partial charge >= 0.3 is 5.97 Å². The Kier molecular flexibility index (Phi) is 2.95. The summed E-state index contributed by atoms with van der Waals surface area (Å²) in [4.78, 5) is 10.4. The third-order valence-electron chi connectivity index (χ3n) is 1.42. The summed E-state index contributed by atoms with van der Waals surface area (Å²) in [6, 6.07) is 5.22. The minimum absolute atomic E-state index is 0.266. The predicted molar refractivity (Wildman–Crippen MR) is 42.0 cm³/mol. The van der Waals surface area contributed by atoms with E-state index in [4.69, 9.17) is 0 Å². The normalized spacial score (nSPS) is 12.2. The van der Waals surface area contributed by atoms with Gasteiger partial charge in [-0.05, 0) is 12.1 Å². The Balaban J connectivity index is 2.82. The van der Waals surface area contributed by atoms with Crippen LogP contribution in [0, 0.1) is 5.82 Å². The van der Waals surface area contributed by atoms with Crippen LogP contribution in [0.4, 0.5) is 8.78 Å². The average molecular weight is 186 g/mol. The van der Waals surface area contributed by atoms with E-state index in [1.807, 2.05) is 0 Å². The lowest BCUT2D eigenvalue weighted by atomic mass is 10.2. The number of ether oxygens (including phenoxy) is 1. The van der Waals surface area contributed by atoms with Crippen molar-refractivity contribution in [3.05, 3.63) is 35.6 Å². The van der Waals surface area contributed by atoms with Crippen molar-refractivity contribution in [1.29, 1.82) is 0 Å². The molecule has 0 aromatic heterocycles. The maximum atomic E-state index is 13.0. The molecule has 1 atom stereocenters. The zero-order chi connectivity index (χ0) is 9.84. The highest BCUT2D eigenvalue weighted by molar-refractivity contribution is 5.66. The summed E-state index contributed by atoms with van der Waals surface area (Å²) in [5, 5.41) is 0. The topological polar surface area (TPSA) is 26.3 Å². The van der Waals surface area contributed by atoms with Crippen molar-refractivity contribution in [2.45, 2.75) is 13.3 Å². The summed E-state index contributed by atoms with van der Waals surface area (Å²) in [6.45, 7) is 1.06. The number of esters is 1. The van der Waals surface area contributed by atoms with Crippen molar-refractivity contribution < 1.29 is 18.3 Å². The molecule has 0 radical (unpaired) electrons. The van der Waals surface area contributed by atoms with Crippen LogP contribution in [0.2, 0.25) is 0 Å². The number of hydrogen-bond acceptors (Lipinski definition) is 2. The van der Waals surface area contributed by atoms with E-state index in [1.165, 1.54) is 18.2 Å². The van der Waals surface area contributed by atoms with Gasteiger partial charge in [-0.2, -0.15) is 4.39 Å². The molecule has 0 bridgehead atoms. The third-order valence-corrected chi connectivity index (χ3v) is 1.42. The van der Waals surface area contributed by atoms with Gasteiger partial charge in [0.2, 0.25) is 0 Å². The second-order valence-corrected chi connectivity index (χ2v) is 2.45. The zero-order valence-corrected chi connectivity index (χ0v) is 6.96. The van der Waals surface area contributed by atoms with Gasteiger partial charge in [-0.1, -0.05) is 12.1 Å². The molecule has 13 heavy (non-hydrogen) atoms. The Morgan fingerprint density at radius 2 is 2.08 bits per heavy atom. The molecular formula is C9H8F2O2. The standard InChI is InChI=1S/C9H8F2O2/c1-6(12)13-9(11)7-4-2-3-5-8(7)10/h2-5,9H,1H3. The highest BCUT2D eigenvalue weighted by Gasteiger charge is 2.16. The first-order chi connectivity index (χ1) is 6.11. The highest BCUT2D eigenvalue weighted by Crippen LogP contribution is 2.21. The van der Waals surface area contributed by atoms with Crippen LogP contribution in [0.3, 0.4) is 0 Å². The van der Waals surface area contributed by atoms with Gasteiger partial charge in [0.1, 0.15) is 5.82 Å². The molecule has 0 amide bonds. The SMILES string of the molecule is CC(=O)OC(F)c1ccccc1F. The van der Waals surface area contributed by atoms with Crippen molar-refractivity contribution in [2.75, 3.05) is 0 Å². The van der Waals surface area contributed by atoms with Gasteiger partial charge in [-0.3, -0.25) is 4.79 Å². The number of carbonyl (C=O) groups is 1. The van der Waals surface area contributed by atoms with Crippen LogP contribution in [0.15, 0.2) is 24.3 Å². The summed E-state index contributed by atoms with van der Waals surface area (Å²) in [7, 11) is 0. The number of hydrogen-bond donors (Lipinski definition) is 0. The van der Waals surface area contributed by atoms with Crippen molar-refractivity contribution in [3.8, 4) is 0 Å². The maximum Gasteiger partial charge on any atom is 0.305 e. The number of rotatable bonds is 2. The highest BCUT2D eigenvalue weighted by atomic mass is 19.2. The van der Waals surface area contributed by atoms with E-state index in [9.17, 15) is 13.6 Å². The molecule has 0 aliphatic heterocycles. The van der Waals surface area contributed by atoms with Gasteiger partial charge in [0.15, 0.2) is 0 Å². The van der Waals surface area contributed by atoms with Crippen LogP contribution in [-0.4, -0.2) is 5.97 Å². The quantitative estimate of drug-likeness (QED) is 0.662. The van der Waals surface area contributed by atoms with Gasteiger partial charge in [0.05, 0.1) is 5.56 Å². The van der Waals surface area contributed by atoms with Crippen LogP contribution >= 0.6 is 0 Å². The molecule has 1 unspecified atom stereocenters. The molecule has 0 aliphatic carbocycles. The second kappa shape index (κ2) is 3.98. The molecular weight excluding hydrogens is 178 g/mol. The van der Waals surface area contributed by atoms with E-state index in [1.54, 1.807) is 0 Å². The molecule has 0 fully saturated rings. The van der Waals surface area contributed by atoms with Gasteiger partial charge in [0, 0.05) is 6.92 Å².